The second kappa shape index (κ2) is 6.93. The van der Waals surface area contributed by atoms with E-state index in [1.54, 1.807) is 25.4 Å². The number of halogens is 3. The molecule has 0 fully saturated rings. The van der Waals surface area contributed by atoms with E-state index < -0.39 is 17.0 Å². The van der Waals surface area contributed by atoms with Gasteiger partial charge in [-0.15, -0.1) is 11.3 Å². The highest BCUT2D eigenvalue weighted by Gasteiger charge is 2.36. The molecule has 6 nitrogen and oxygen atoms in total. The van der Waals surface area contributed by atoms with Gasteiger partial charge >= 0.3 is 6.18 Å². The Bertz CT molecular complexity index is 1020. The van der Waals surface area contributed by atoms with Gasteiger partial charge in [-0.1, -0.05) is 6.07 Å². The molecule has 0 saturated heterocycles. The molecule has 1 unspecified atom stereocenters. The summed E-state index contributed by atoms with van der Waals surface area (Å²) in [6.45, 7) is 2.14. The van der Waals surface area contributed by atoms with Crippen LogP contribution in [0.25, 0.3) is 11.5 Å². The van der Waals surface area contributed by atoms with E-state index >= 15 is 0 Å². The van der Waals surface area contributed by atoms with Crippen LogP contribution in [0, 0.1) is 0 Å². The number of amides is 1. The maximum atomic E-state index is 12.8. The fourth-order valence-electron chi connectivity index (χ4n) is 3.09. The highest BCUT2D eigenvalue weighted by atomic mass is 32.1. The molecule has 1 aliphatic rings. The van der Waals surface area contributed by atoms with E-state index in [-0.39, 0.29) is 11.0 Å². The molecule has 0 spiro atoms. The topological polar surface area (TPSA) is 71.9 Å². The van der Waals surface area contributed by atoms with Gasteiger partial charge in [-0.05, 0) is 19.1 Å². The van der Waals surface area contributed by atoms with Crippen molar-refractivity contribution in [2.24, 2.45) is 0 Å². The molecule has 0 aliphatic carbocycles. The van der Waals surface area contributed by atoms with Gasteiger partial charge in [-0.2, -0.15) is 13.2 Å². The summed E-state index contributed by atoms with van der Waals surface area (Å²) < 4.78 is 38.3. The number of thiazole rings is 1. The van der Waals surface area contributed by atoms with Crippen LogP contribution >= 0.6 is 11.3 Å². The Morgan fingerprint density at radius 1 is 1.21 bits per heavy atom. The van der Waals surface area contributed by atoms with Crippen LogP contribution in [0.5, 0.6) is 0 Å². The summed E-state index contributed by atoms with van der Waals surface area (Å²) in [4.78, 5) is 30.1. The van der Waals surface area contributed by atoms with E-state index in [2.05, 4.69) is 19.9 Å². The van der Waals surface area contributed by atoms with Crippen LogP contribution in [0.1, 0.15) is 38.9 Å². The molecule has 0 N–H and O–H groups in total. The number of aromatic nitrogens is 4. The van der Waals surface area contributed by atoms with E-state index in [1.807, 2.05) is 12.1 Å². The van der Waals surface area contributed by atoms with Crippen molar-refractivity contribution in [1.29, 1.82) is 0 Å². The number of pyridine rings is 1. The minimum absolute atomic E-state index is 0.173. The summed E-state index contributed by atoms with van der Waals surface area (Å²) in [5.41, 5.74) is 2.23. The number of carbonyl (C=O) groups excluding carboxylic acids is 1. The predicted molar refractivity (Wildman–Crippen MR) is 95.5 cm³/mol. The van der Waals surface area contributed by atoms with E-state index in [1.165, 1.54) is 4.90 Å². The Kier molecular flexibility index (Phi) is 4.58. The average molecular weight is 405 g/mol. The molecule has 4 heterocycles. The summed E-state index contributed by atoms with van der Waals surface area (Å²) in [6, 6.07) is 5.09. The fraction of sp³-hybridized carbons (Fsp3) is 0.278. The van der Waals surface area contributed by atoms with Crippen LogP contribution in [-0.4, -0.2) is 37.3 Å². The molecule has 10 heteroatoms. The molecule has 1 atom stereocenters. The van der Waals surface area contributed by atoms with E-state index in [9.17, 15) is 18.0 Å². The lowest BCUT2D eigenvalue weighted by atomic mass is 9.99. The van der Waals surface area contributed by atoms with Crippen molar-refractivity contribution >= 4 is 17.2 Å². The number of hydrogen-bond acceptors (Lipinski definition) is 6. The maximum absolute atomic E-state index is 12.8. The van der Waals surface area contributed by atoms with Gasteiger partial charge in [0.15, 0.2) is 10.8 Å². The van der Waals surface area contributed by atoms with E-state index in [0.29, 0.717) is 42.0 Å². The zero-order chi connectivity index (χ0) is 19.9. The first-order valence-corrected chi connectivity index (χ1v) is 9.27. The van der Waals surface area contributed by atoms with Crippen molar-refractivity contribution in [2.75, 3.05) is 6.54 Å². The predicted octanol–water partition coefficient (Wildman–Crippen LogP) is 3.77. The molecule has 28 heavy (non-hydrogen) atoms. The van der Waals surface area contributed by atoms with Crippen molar-refractivity contribution in [3.8, 4) is 11.5 Å². The van der Waals surface area contributed by atoms with Gasteiger partial charge in [0.05, 0.1) is 17.9 Å². The van der Waals surface area contributed by atoms with Gasteiger partial charge < -0.3 is 4.90 Å². The first-order valence-electron chi connectivity index (χ1n) is 8.46. The lowest BCUT2D eigenvalue weighted by molar-refractivity contribution is -0.134. The quantitative estimate of drug-likeness (QED) is 0.649. The zero-order valence-corrected chi connectivity index (χ0v) is 15.5. The minimum Gasteiger partial charge on any atom is -0.329 e. The lowest BCUT2D eigenvalue weighted by Gasteiger charge is -2.34. The third-order valence-electron chi connectivity index (χ3n) is 4.53. The number of fused-ring (bicyclic) bond motifs is 1. The minimum atomic E-state index is -4.51. The summed E-state index contributed by atoms with van der Waals surface area (Å²) in [7, 11) is 0. The van der Waals surface area contributed by atoms with Crippen molar-refractivity contribution < 1.29 is 18.0 Å². The van der Waals surface area contributed by atoms with Crippen LogP contribution in [0.3, 0.4) is 0 Å². The van der Waals surface area contributed by atoms with E-state index in [0.717, 1.165) is 11.3 Å². The van der Waals surface area contributed by atoms with Crippen molar-refractivity contribution in [1.82, 2.24) is 24.8 Å². The molecule has 3 aromatic heterocycles. The average Bonchev–Trinajstić information content (AvgIpc) is 3.19. The van der Waals surface area contributed by atoms with Crippen LogP contribution in [0.2, 0.25) is 0 Å². The lowest BCUT2D eigenvalue weighted by Crippen LogP contribution is -2.39. The van der Waals surface area contributed by atoms with Crippen molar-refractivity contribution in [2.45, 2.75) is 25.6 Å². The monoisotopic (exact) mass is 405 g/mol. The third kappa shape index (κ3) is 3.35. The van der Waals surface area contributed by atoms with Gasteiger partial charge in [0.2, 0.25) is 0 Å². The molecular weight excluding hydrogens is 391 g/mol. The largest absolute Gasteiger partial charge is 0.427 e. The SMILES string of the molecule is CC1c2cnc(-c3ccccn3)nc2CCN1C(=O)c1ncc(C(F)(F)F)s1. The first-order chi connectivity index (χ1) is 13.3. The number of hydrogen-bond donors (Lipinski definition) is 0. The van der Waals surface area contributed by atoms with Gasteiger partial charge in [-0.3, -0.25) is 9.78 Å². The second-order valence-electron chi connectivity index (χ2n) is 6.26. The van der Waals surface area contributed by atoms with Crippen molar-refractivity contribution in [3.63, 3.8) is 0 Å². The Labute approximate surface area is 162 Å². The van der Waals surface area contributed by atoms with Gasteiger partial charge in [0, 0.05) is 30.9 Å². The van der Waals surface area contributed by atoms with Gasteiger partial charge in [0.1, 0.15) is 10.6 Å². The summed E-state index contributed by atoms with van der Waals surface area (Å²) in [6.07, 6.45) is -0.0240. The molecule has 0 radical (unpaired) electrons. The Hall–Kier alpha value is -2.88. The number of alkyl halides is 3. The summed E-state index contributed by atoms with van der Waals surface area (Å²) >= 11 is 0.358. The molecule has 0 aromatic carbocycles. The molecular formula is C18H14F3N5OS. The molecule has 1 amide bonds. The highest BCUT2D eigenvalue weighted by molar-refractivity contribution is 7.13. The van der Waals surface area contributed by atoms with Crippen LogP contribution in [0.4, 0.5) is 13.2 Å². The third-order valence-corrected chi connectivity index (χ3v) is 5.56. The maximum Gasteiger partial charge on any atom is 0.427 e. The zero-order valence-electron chi connectivity index (χ0n) is 14.6. The molecule has 0 saturated carbocycles. The van der Waals surface area contributed by atoms with Crippen molar-refractivity contribution in [3.05, 3.63) is 57.9 Å². The standard InChI is InChI=1S/C18H14F3N5OS/c1-10-11-8-23-15(13-4-2-3-6-22-13)25-12(11)5-7-26(10)17(27)16-24-9-14(28-16)18(19,20)21/h2-4,6,8-10H,5,7H2,1H3. The second-order valence-corrected chi connectivity index (χ2v) is 7.29. The van der Waals surface area contributed by atoms with E-state index in [4.69, 9.17) is 0 Å². The Morgan fingerprint density at radius 2 is 2.04 bits per heavy atom. The fourth-order valence-corrected chi connectivity index (χ4v) is 3.83. The molecule has 0 bridgehead atoms. The van der Waals surface area contributed by atoms with Gasteiger partial charge in [-0.25, -0.2) is 15.0 Å². The first kappa shape index (κ1) is 18.5. The Morgan fingerprint density at radius 3 is 2.71 bits per heavy atom. The van der Waals surface area contributed by atoms with Gasteiger partial charge in [0.25, 0.3) is 5.91 Å². The summed E-state index contributed by atoms with van der Waals surface area (Å²) in [5, 5.41) is -0.173. The number of rotatable bonds is 2. The smallest absolute Gasteiger partial charge is 0.329 e. The van der Waals surface area contributed by atoms with Crippen LogP contribution in [-0.2, 0) is 12.6 Å². The molecule has 3 aromatic rings. The number of carbonyl (C=O) groups is 1. The Balaban J connectivity index is 1.59. The highest BCUT2D eigenvalue weighted by Crippen LogP contribution is 2.35. The van der Waals surface area contributed by atoms with Crippen LogP contribution < -0.4 is 0 Å². The molecule has 4 rings (SSSR count). The molecule has 144 valence electrons. The molecule has 1 aliphatic heterocycles. The summed E-state index contributed by atoms with van der Waals surface area (Å²) in [5.74, 6) is -0.0199. The van der Waals surface area contributed by atoms with Crippen LogP contribution in [0.15, 0.2) is 36.8 Å². The number of nitrogens with zero attached hydrogens (tertiary/aromatic N) is 5. The normalized spacial score (nSPS) is 16.7.